The zero-order valence-electron chi connectivity index (χ0n) is 14.1. The number of anilines is 1. The summed E-state index contributed by atoms with van der Waals surface area (Å²) < 4.78 is 13.2. The zero-order chi connectivity index (χ0) is 18.8. The highest BCUT2D eigenvalue weighted by atomic mass is 35.5. The van der Waals surface area contributed by atoms with Gasteiger partial charge in [0.1, 0.15) is 5.82 Å². The second kappa shape index (κ2) is 7.13. The Balaban J connectivity index is 1.86. The number of nitrogens with zero attached hydrogens (tertiary/aromatic N) is 2. The van der Waals surface area contributed by atoms with Crippen molar-refractivity contribution in [2.24, 2.45) is 0 Å². The summed E-state index contributed by atoms with van der Waals surface area (Å²) in [6, 6.07) is 4.83. The molecule has 6 nitrogen and oxygen atoms in total. The van der Waals surface area contributed by atoms with Crippen LogP contribution in [-0.4, -0.2) is 27.9 Å². The van der Waals surface area contributed by atoms with Gasteiger partial charge in [0.15, 0.2) is 0 Å². The average Bonchev–Trinajstić information content (AvgIpc) is 2.64. The number of pyridine rings is 2. The molecule has 3 aromatic rings. The number of amides is 2. The Morgan fingerprint density at radius 2 is 2.12 bits per heavy atom. The lowest BCUT2D eigenvalue weighted by atomic mass is 10.0. The van der Waals surface area contributed by atoms with Gasteiger partial charge < -0.3 is 15.2 Å². The molecule has 0 aliphatic heterocycles. The third-order valence-corrected chi connectivity index (χ3v) is 4.55. The predicted octanol–water partition coefficient (Wildman–Crippen LogP) is 3.94. The molecule has 0 fully saturated rings. The van der Waals surface area contributed by atoms with Crippen LogP contribution < -0.4 is 10.9 Å². The summed E-state index contributed by atoms with van der Waals surface area (Å²) in [5.41, 5.74) is 0.919. The molecule has 26 heavy (non-hydrogen) atoms. The van der Waals surface area contributed by atoms with E-state index in [1.54, 1.807) is 31.7 Å². The number of rotatable bonds is 3. The number of halogens is 2. The molecule has 1 atom stereocenters. The minimum Gasteiger partial charge on any atom is -0.328 e. The number of aromatic amines is 1. The lowest BCUT2D eigenvalue weighted by Crippen LogP contribution is -2.34. The number of fused-ring (bicyclic) bond motifs is 1. The van der Waals surface area contributed by atoms with Crippen LogP contribution in [-0.2, 0) is 0 Å². The minimum absolute atomic E-state index is 0.0730. The summed E-state index contributed by atoms with van der Waals surface area (Å²) in [6.07, 6.45) is 4.72. The van der Waals surface area contributed by atoms with Gasteiger partial charge in [-0.1, -0.05) is 11.6 Å². The molecule has 2 amide bonds. The maximum absolute atomic E-state index is 13.2. The molecule has 134 valence electrons. The van der Waals surface area contributed by atoms with Gasteiger partial charge >= 0.3 is 6.03 Å². The summed E-state index contributed by atoms with van der Waals surface area (Å²) in [6.45, 7) is 1.83. The van der Waals surface area contributed by atoms with Crippen molar-refractivity contribution in [1.29, 1.82) is 0 Å². The van der Waals surface area contributed by atoms with Gasteiger partial charge in [0, 0.05) is 42.3 Å². The number of carbonyl (C=O) groups is 1. The molecule has 2 N–H and O–H groups in total. The van der Waals surface area contributed by atoms with Crippen LogP contribution in [0.5, 0.6) is 0 Å². The van der Waals surface area contributed by atoms with Gasteiger partial charge in [0.25, 0.3) is 5.56 Å². The molecule has 0 spiro atoms. The third kappa shape index (κ3) is 3.39. The molecule has 1 aromatic carbocycles. The molecule has 2 aromatic heterocycles. The van der Waals surface area contributed by atoms with Crippen LogP contribution >= 0.6 is 11.6 Å². The van der Waals surface area contributed by atoms with Crippen molar-refractivity contribution in [1.82, 2.24) is 14.9 Å². The summed E-state index contributed by atoms with van der Waals surface area (Å²) in [7, 11) is 1.62. The van der Waals surface area contributed by atoms with Crippen molar-refractivity contribution in [3.63, 3.8) is 0 Å². The standard InChI is InChI=1S/C18H16ClFN4O2/c1-10(13-9-22-17(25)12-5-6-21-8-14(12)13)24(2)18(26)23-11-3-4-16(20)15(19)7-11/h3-10H,1-2H3,(H,22,25)(H,23,26)/t10-/m1/s1. The molecular weight excluding hydrogens is 359 g/mol. The van der Waals surface area contributed by atoms with Gasteiger partial charge in [-0.2, -0.15) is 0 Å². The summed E-state index contributed by atoms with van der Waals surface area (Å²) >= 11 is 5.73. The van der Waals surface area contributed by atoms with Crippen molar-refractivity contribution in [3.05, 3.63) is 69.6 Å². The van der Waals surface area contributed by atoms with Gasteiger partial charge in [-0.05, 0) is 31.2 Å². The first-order valence-electron chi connectivity index (χ1n) is 7.82. The fourth-order valence-corrected chi connectivity index (χ4v) is 2.82. The number of nitrogens with one attached hydrogen (secondary N) is 2. The van der Waals surface area contributed by atoms with Crippen molar-refractivity contribution in [2.75, 3.05) is 12.4 Å². The fourth-order valence-electron chi connectivity index (χ4n) is 2.64. The molecule has 0 bridgehead atoms. The van der Waals surface area contributed by atoms with Crippen LogP contribution in [0.1, 0.15) is 18.5 Å². The number of aromatic nitrogens is 2. The van der Waals surface area contributed by atoms with E-state index in [4.69, 9.17) is 11.6 Å². The lowest BCUT2D eigenvalue weighted by molar-refractivity contribution is 0.208. The molecule has 3 rings (SSSR count). The van der Waals surface area contributed by atoms with E-state index in [2.05, 4.69) is 15.3 Å². The zero-order valence-corrected chi connectivity index (χ0v) is 14.8. The maximum atomic E-state index is 13.2. The molecule has 0 saturated heterocycles. The van der Waals surface area contributed by atoms with Gasteiger partial charge in [0.05, 0.1) is 16.5 Å². The quantitative estimate of drug-likeness (QED) is 0.728. The molecule has 0 aliphatic rings. The number of hydrogen-bond donors (Lipinski definition) is 2. The van der Waals surface area contributed by atoms with Gasteiger partial charge in [-0.3, -0.25) is 9.78 Å². The molecule has 0 radical (unpaired) electrons. The Kier molecular flexibility index (Phi) is 4.90. The first kappa shape index (κ1) is 17.9. The van der Waals surface area contributed by atoms with Crippen LogP contribution in [0.3, 0.4) is 0 Å². The second-order valence-electron chi connectivity index (χ2n) is 5.84. The van der Waals surface area contributed by atoms with Crippen molar-refractivity contribution in [2.45, 2.75) is 13.0 Å². The first-order valence-corrected chi connectivity index (χ1v) is 8.20. The summed E-state index contributed by atoms with van der Waals surface area (Å²) in [4.78, 5) is 32.7. The fraction of sp³-hybridized carbons (Fsp3) is 0.167. The minimum atomic E-state index is -0.557. The van der Waals surface area contributed by atoms with Crippen LogP contribution in [0.4, 0.5) is 14.9 Å². The van der Waals surface area contributed by atoms with Crippen LogP contribution in [0.2, 0.25) is 5.02 Å². The Morgan fingerprint density at radius 3 is 2.85 bits per heavy atom. The summed E-state index contributed by atoms with van der Waals surface area (Å²) in [5, 5.41) is 3.77. The van der Waals surface area contributed by atoms with Gasteiger partial charge in [-0.15, -0.1) is 0 Å². The van der Waals surface area contributed by atoms with Crippen LogP contribution in [0.25, 0.3) is 10.8 Å². The Hall–Kier alpha value is -2.93. The normalized spacial score (nSPS) is 12.0. The number of benzene rings is 1. The van der Waals surface area contributed by atoms with Gasteiger partial charge in [0.2, 0.25) is 0 Å². The largest absolute Gasteiger partial charge is 0.328 e. The van der Waals surface area contributed by atoms with E-state index < -0.39 is 11.8 Å². The first-order chi connectivity index (χ1) is 12.4. The van der Waals surface area contributed by atoms with E-state index in [0.29, 0.717) is 16.5 Å². The van der Waals surface area contributed by atoms with E-state index in [9.17, 15) is 14.0 Å². The lowest BCUT2D eigenvalue weighted by Gasteiger charge is -2.26. The highest BCUT2D eigenvalue weighted by Gasteiger charge is 2.20. The number of H-pyrrole nitrogens is 1. The average molecular weight is 375 g/mol. The molecule has 0 unspecified atom stereocenters. The SMILES string of the molecule is C[C@H](c1c[nH]c(=O)c2ccncc12)N(C)C(=O)Nc1ccc(F)c(Cl)c1. The van der Waals surface area contributed by atoms with Crippen LogP contribution in [0, 0.1) is 5.82 Å². The topological polar surface area (TPSA) is 78.1 Å². The molecule has 0 saturated carbocycles. The smallest absolute Gasteiger partial charge is 0.322 e. The van der Waals surface area contributed by atoms with Crippen LogP contribution in [0.15, 0.2) is 47.7 Å². The van der Waals surface area contributed by atoms with E-state index in [0.717, 1.165) is 5.56 Å². The highest BCUT2D eigenvalue weighted by Crippen LogP contribution is 2.25. The van der Waals surface area contributed by atoms with E-state index >= 15 is 0 Å². The van der Waals surface area contributed by atoms with Crippen molar-refractivity contribution < 1.29 is 9.18 Å². The molecule has 8 heteroatoms. The Labute approximate surface area is 153 Å². The maximum Gasteiger partial charge on any atom is 0.322 e. The van der Waals surface area contributed by atoms with E-state index in [1.807, 2.05) is 6.92 Å². The van der Waals surface area contributed by atoms with Crippen molar-refractivity contribution in [3.8, 4) is 0 Å². The second-order valence-corrected chi connectivity index (χ2v) is 6.25. The predicted molar refractivity (Wildman–Crippen MR) is 99.0 cm³/mol. The number of hydrogen-bond acceptors (Lipinski definition) is 3. The Morgan fingerprint density at radius 1 is 1.35 bits per heavy atom. The molecular formula is C18H16ClFN4O2. The van der Waals surface area contributed by atoms with E-state index in [-0.39, 0.29) is 16.6 Å². The van der Waals surface area contributed by atoms with Crippen molar-refractivity contribution >= 4 is 34.1 Å². The summed E-state index contributed by atoms with van der Waals surface area (Å²) in [5.74, 6) is -0.557. The monoisotopic (exact) mass is 374 g/mol. The number of carbonyl (C=O) groups excluding carboxylic acids is 1. The van der Waals surface area contributed by atoms with E-state index in [1.165, 1.54) is 23.1 Å². The molecule has 0 aliphatic carbocycles. The Bertz CT molecular complexity index is 1040. The molecule has 2 heterocycles. The third-order valence-electron chi connectivity index (χ3n) is 4.26. The van der Waals surface area contributed by atoms with Gasteiger partial charge in [-0.25, -0.2) is 9.18 Å². The number of urea groups is 1. The highest BCUT2D eigenvalue weighted by molar-refractivity contribution is 6.31.